The third-order valence-electron chi connectivity index (χ3n) is 2.38. The van der Waals surface area contributed by atoms with Crippen molar-refractivity contribution >= 4 is 6.09 Å². The lowest BCUT2D eigenvalue weighted by Gasteiger charge is -2.36. The Hall–Kier alpha value is -1.92. The number of halogens is 3. The first-order valence-corrected chi connectivity index (χ1v) is 4.76. The number of amides is 1. The number of rotatable bonds is 2. The van der Waals surface area contributed by atoms with Gasteiger partial charge >= 0.3 is 6.09 Å². The van der Waals surface area contributed by atoms with Crippen LogP contribution < -0.4 is 4.74 Å². The highest BCUT2D eigenvalue weighted by Gasteiger charge is 2.32. The number of ether oxygens (including phenoxy) is 1. The number of likely N-dealkylation sites (tertiary alicyclic amines) is 1. The Labute approximate surface area is 94.2 Å². The van der Waals surface area contributed by atoms with Gasteiger partial charge in [-0.3, -0.25) is 0 Å². The molecule has 1 aromatic rings. The molecule has 1 heterocycles. The molecule has 1 amide bonds. The van der Waals surface area contributed by atoms with E-state index in [0.717, 1.165) is 17.0 Å². The molecule has 0 bridgehead atoms. The molecule has 1 fully saturated rings. The van der Waals surface area contributed by atoms with E-state index in [9.17, 15) is 18.0 Å². The topological polar surface area (TPSA) is 49.8 Å². The van der Waals surface area contributed by atoms with Crippen molar-refractivity contribution in [3.05, 3.63) is 29.6 Å². The summed E-state index contributed by atoms with van der Waals surface area (Å²) in [5.41, 5.74) is 0. The second kappa shape index (κ2) is 4.15. The summed E-state index contributed by atoms with van der Waals surface area (Å²) in [5, 5.41) is 8.54. The smallest absolute Gasteiger partial charge is 0.407 e. The van der Waals surface area contributed by atoms with Gasteiger partial charge in [0.2, 0.25) is 0 Å². The molecule has 7 heteroatoms. The van der Waals surface area contributed by atoms with Crippen LogP contribution in [0.1, 0.15) is 0 Å². The molecule has 0 radical (unpaired) electrons. The fourth-order valence-corrected chi connectivity index (χ4v) is 1.46. The zero-order chi connectivity index (χ0) is 12.6. The van der Waals surface area contributed by atoms with Crippen molar-refractivity contribution in [1.29, 1.82) is 0 Å². The summed E-state index contributed by atoms with van der Waals surface area (Å²) < 4.78 is 43.4. The van der Waals surface area contributed by atoms with Crippen LogP contribution in [0.25, 0.3) is 0 Å². The predicted molar refractivity (Wildman–Crippen MR) is 50.3 cm³/mol. The molecule has 0 atom stereocenters. The standard InChI is InChI=1S/C10H8F3NO3/c11-7-1-5(2-8(12)9(7)13)17-6-3-14(4-6)10(15)16/h1-2,6H,3-4H2,(H,15,16). The highest BCUT2D eigenvalue weighted by Crippen LogP contribution is 2.22. The van der Waals surface area contributed by atoms with Crippen molar-refractivity contribution in [1.82, 2.24) is 4.90 Å². The molecule has 1 saturated heterocycles. The van der Waals surface area contributed by atoms with Gasteiger partial charge in [-0.15, -0.1) is 0 Å². The summed E-state index contributed by atoms with van der Waals surface area (Å²) >= 11 is 0. The molecule has 1 N–H and O–H groups in total. The monoisotopic (exact) mass is 247 g/mol. The lowest BCUT2D eigenvalue weighted by molar-refractivity contribution is 0.0248. The van der Waals surface area contributed by atoms with E-state index in [-0.39, 0.29) is 18.8 Å². The Kier molecular flexibility index (Phi) is 2.83. The van der Waals surface area contributed by atoms with Gasteiger partial charge in [0.1, 0.15) is 11.9 Å². The molecule has 4 nitrogen and oxygen atoms in total. The average molecular weight is 247 g/mol. The van der Waals surface area contributed by atoms with Crippen molar-refractivity contribution < 1.29 is 27.8 Å². The largest absolute Gasteiger partial charge is 0.486 e. The van der Waals surface area contributed by atoms with Crippen LogP contribution in [0, 0.1) is 17.5 Å². The number of carboxylic acid groups (broad SMARTS) is 1. The minimum Gasteiger partial charge on any atom is -0.486 e. The van der Waals surface area contributed by atoms with Crippen molar-refractivity contribution in [2.45, 2.75) is 6.10 Å². The molecule has 0 unspecified atom stereocenters. The van der Waals surface area contributed by atoms with Crippen molar-refractivity contribution in [3.8, 4) is 5.75 Å². The maximum atomic E-state index is 12.8. The number of benzene rings is 1. The van der Waals surface area contributed by atoms with Crippen molar-refractivity contribution in [2.24, 2.45) is 0 Å². The molecule has 0 aromatic heterocycles. The summed E-state index contributed by atoms with van der Waals surface area (Å²) in [6, 6.07) is 1.45. The Morgan fingerprint density at radius 2 is 1.82 bits per heavy atom. The van der Waals surface area contributed by atoms with Gasteiger partial charge in [-0.2, -0.15) is 0 Å². The van der Waals surface area contributed by atoms with Crippen LogP contribution >= 0.6 is 0 Å². The molecule has 1 aliphatic heterocycles. The van der Waals surface area contributed by atoms with E-state index in [2.05, 4.69) is 0 Å². The first-order valence-electron chi connectivity index (χ1n) is 4.76. The molecule has 1 aromatic carbocycles. The van der Waals surface area contributed by atoms with E-state index in [1.807, 2.05) is 0 Å². The van der Waals surface area contributed by atoms with Gasteiger partial charge in [0, 0.05) is 12.1 Å². The lowest BCUT2D eigenvalue weighted by Crippen LogP contribution is -2.55. The zero-order valence-electron chi connectivity index (χ0n) is 8.49. The van der Waals surface area contributed by atoms with Gasteiger partial charge in [-0.25, -0.2) is 18.0 Å². The molecule has 0 aliphatic carbocycles. The Morgan fingerprint density at radius 1 is 1.29 bits per heavy atom. The molecule has 17 heavy (non-hydrogen) atoms. The SMILES string of the molecule is O=C(O)N1CC(Oc2cc(F)c(F)c(F)c2)C1. The third-order valence-corrected chi connectivity index (χ3v) is 2.38. The maximum absolute atomic E-state index is 12.8. The van der Waals surface area contributed by atoms with E-state index in [0.29, 0.717) is 0 Å². The quantitative estimate of drug-likeness (QED) is 0.811. The molecule has 1 aliphatic rings. The fraction of sp³-hybridized carbons (Fsp3) is 0.300. The molecule has 92 valence electrons. The number of carbonyl (C=O) groups is 1. The average Bonchev–Trinajstić information content (AvgIpc) is 2.18. The van der Waals surface area contributed by atoms with Crippen LogP contribution in [-0.2, 0) is 0 Å². The maximum Gasteiger partial charge on any atom is 0.407 e. The summed E-state index contributed by atoms with van der Waals surface area (Å²) in [4.78, 5) is 11.5. The van der Waals surface area contributed by atoms with Crippen LogP contribution in [-0.4, -0.2) is 35.3 Å². The number of hydrogen-bond acceptors (Lipinski definition) is 2. The van der Waals surface area contributed by atoms with Crippen LogP contribution in [0.4, 0.5) is 18.0 Å². The second-order valence-electron chi connectivity index (χ2n) is 3.63. The zero-order valence-corrected chi connectivity index (χ0v) is 8.49. The van der Waals surface area contributed by atoms with Crippen LogP contribution in [0.2, 0.25) is 0 Å². The number of hydrogen-bond donors (Lipinski definition) is 1. The summed E-state index contributed by atoms with van der Waals surface area (Å²) in [5.74, 6) is -4.39. The van der Waals surface area contributed by atoms with E-state index >= 15 is 0 Å². The first-order chi connectivity index (χ1) is 7.97. The Balaban J connectivity index is 1.99. The third kappa shape index (κ3) is 2.27. The van der Waals surface area contributed by atoms with Gasteiger partial charge in [0.05, 0.1) is 13.1 Å². The molecular formula is C10H8F3NO3. The fourth-order valence-electron chi connectivity index (χ4n) is 1.46. The molecule has 2 rings (SSSR count). The van der Waals surface area contributed by atoms with Crippen molar-refractivity contribution in [2.75, 3.05) is 13.1 Å². The van der Waals surface area contributed by atoms with Gasteiger partial charge in [-0.1, -0.05) is 0 Å². The predicted octanol–water partition coefficient (Wildman–Crippen LogP) is 1.84. The highest BCUT2D eigenvalue weighted by molar-refractivity contribution is 5.66. The number of nitrogens with zero attached hydrogens (tertiary/aromatic N) is 1. The lowest BCUT2D eigenvalue weighted by atomic mass is 10.2. The van der Waals surface area contributed by atoms with Gasteiger partial charge in [0.25, 0.3) is 0 Å². The minimum atomic E-state index is -1.56. The molecule has 0 spiro atoms. The van der Waals surface area contributed by atoms with E-state index in [1.165, 1.54) is 0 Å². The first kappa shape index (κ1) is 11.6. The van der Waals surface area contributed by atoms with E-state index in [4.69, 9.17) is 9.84 Å². The van der Waals surface area contributed by atoms with Crippen LogP contribution in [0.15, 0.2) is 12.1 Å². The van der Waals surface area contributed by atoms with Crippen LogP contribution in [0.3, 0.4) is 0 Å². The highest BCUT2D eigenvalue weighted by atomic mass is 19.2. The minimum absolute atomic E-state index is 0.121. The van der Waals surface area contributed by atoms with E-state index in [1.54, 1.807) is 0 Å². The van der Waals surface area contributed by atoms with Crippen LogP contribution in [0.5, 0.6) is 5.75 Å². The summed E-state index contributed by atoms with van der Waals surface area (Å²) in [6.07, 6.45) is -1.54. The summed E-state index contributed by atoms with van der Waals surface area (Å²) in [7, 11) is 0. The van der Waals surface area contributed by atoms with Gasteiger partial charge in [0.15, 0.2) is 17.5 Å². The second-order valence-corrected chi connectivity index (χ2v) is 3.63. The Morgan fingerprint density at radius 3 is 2.29 bits per heavy atom. The van der Waals surface area contributed by atoms with Gasteiger partial charge in [-0.05, 0) is 0 Å². The molecular weight excluding hydrogens is 239 g/mol. The van der Waals surface area contributed by atoms with Gasteiger partial charge < -0.3 is 14.7 Å². The van der Waals surface area contributed by atoms with Crippen molar-refractivity contribution in [3.63, 3.8) is 0 Å². The molecule has 0 saturated carbocycles. The Bertz CT molecular complexity index is 437. The normalized spacial score (nSPS) is 15.6. The van der Waals surface area contributed by atoms with E-state index < -0.39 is 29.6 Å². The summed E-state index contributed by atoms with van der Waals surface area (Å²) in [6.45, 7) is 0.242.